The van der Waals surface area contributed by atoms with E-state index in [0.717, 1.165) is 6.42 Å². The van der Waals surface area contributed by atoms with Crippen LogP contribution in [0, 0.1) is 0 Å². The highest BCUT2D eigenvalue weighted by molar-refractivity contribution is 6.06. The molecule has 0 aliphatic carbocycles. The highest BCUT2D eigenvalue weighted by Crippen LogP contribution is 2.35. The smallest absolute Gasteiger partial charge is 0.256 e. The van der Waals surface area contributed by atoms with Crippen LogP contribution in [0.25, 0.3) is 11.2 Å². The number of nitrogens with zero attached hydrogens (tertiary/aromatic N) is 4. The van der Waals surface area contributed by atoms with Gasteiger partial charge < -0.3 is 29.7 Å². The molecule has 0 unspecified atom stereocenters. The average Bonchev–Trinajstić information content (AvgIpc) is 3.55. The van der Waals surface area contributed by atoms with Crippen LogP contribution in [-0.2, 0) is 14.2 Å². The largest absolute Gasteiger partial charge is 0.394 e. The van der Waals surface area contributed by atoms with Gasteiger partial charge in [0.25, 0.3) is 5.91 Å². The molecule has 3 aromatic rings. The minimum atomic E-state index is -1.06. The quantitative estimate of drug-likeness (QED) is 0.508. The molecule has 168 valence electrons. The van der Waals surface area contributed by atoms with E-state index in [4.69, 9.17) is 14.2 Å². The van der Waals surface area contributed by atoms with Crippen LogP contribution in [0.1, 0.15) is 29.4 Å². The molecule has 32 heavy (non-hydrogen) atoms. The van der Waals surface area contributed by atoms with E-state index in [1.165, 1.54) is 12.7 Å². The third kappa shape index (κ3) is 3.85. The molecule has 0 bridgehead atoms. The number of aliphatic hydroxyl groups excluding tert-OH is 2. The van der Waals surface area contributed by atoms with Gasteiger partial charge in [-0.1, -0.05) is 18.2 Å². The molecule has 2 aromatic heterocycles. The molecule has 2 aliphatic rings. The van der Waals surface area contributed by atoms with E-state index < -0.39 is 30.8 Å². The van der Waals surface area contributed by atoms with Gasteiger partial charge in [-0.25, -0.2) is 15.0 Å². The van der Waals surface area contributed by atoms with Crippen LogP contribution >= 0.6 is 0 Å². The van der Waals surface area contributed by atoms with Crippen molar-refractivity contribution in [2.24, 2.45) is 0 Å². The van der Waals surface area contributed by atoms with Gasteiger partial charge >= 0.3 is 0 Å². The molecular formula is C21H23N5O6. The second-order valence-corrected chi connectivity index (χ2v) is 7.65. The molecule has 11 nitrogen and oxygen atoms in total. The van der Waals surface area contributed by atoms with Crippen molar-refractivity contribution < 1.29 is 29.2 Å². The first-order valence-corrected chi connectivity index (χ1v) is 10.4. The fourth-order valence-corrected chi connectivity index (χ4v) is 3.97. The molecule has 2 fully saturated rings. The predicted octanol–water partition coefficient (Wildman–Crippen LogP) is 0.851. The summed E-state index contributed by atoms with van der Waals surface area (Å²) in [5, 5.41) is 23.0. The summed E-state index contributed by atoms with van der Waals surface area (Å²) in [4.78, 5) is 25.4. The second kappa shape index (κ2) is 8.88. The maximum absolute atomic E-state index is 12.6. The molecule has 0 saturated carbocycles. The first-order valence-electron chi connectivity index (χ1n) is 10.4. The highest BCUT2D eigenvalue weighted by Gasteiger charge is 2.47. The van der Waals surface area contributed by atoms with E-state index in [0.29, 0.717) is 29.8 Å². The van der Waals surface area contributed by atoms with Crippen LogP contribution in [0.15, 0.2) is 43.0 Å². The minimum Gasteiger partial charge on any atom is -0.394 e. The number of ether oxygens (including phenoxy) is 3. The summed E-state index contributed by atoms with van der Waals surface area (Å²) in [6.45, 7) is 0.219. The molecule has 0 spiro atoms. The van der Waals surface area contributed by atoms with Gasteiger partial charge in [-0.3, -0.25) is 9.36 Å². The number of hydrogen-bond acceptors (Lipinski definition) is 9. The van der Waals surface area contributed by atoms with Crippen molar-refractivity contribution in [2.45, 2.75) is 43.7 Å². The summed E-state index contributed by atoms with van der Waals surface area (Å²) in [6.07, 6.45) is 0.425. The monoisotopic (exact) mass is 441 g/mol. The van der Waals surface area contributed by atoms with Crippen molar-refractivity contribution in [3.8, 4) is 0 Å². The Bertz CT molecular complexity index is 1090. The summed E-state index contributed by atoms with van der Waals surface area (Å²) >= 11 is 0. The van der Waals surface area contributed by atoms with Gasteiger partial charge in [0.15, 0.2) is 29.5 Å². The average molecular weight is 441 g/mol. The number of carbonyl (C=O) groups is 1. The SMILES string of the molecule is O=C(Nc1ncnc2c1ncn2[C@@H]1O[C@H](CO)[C@@H](O)[C@H]1O[C@@H]1CCCO1)c1ccccc1. The van der Waals surface area contributed by atoms with Crippen LogP contribution in [0.2, 0.25) is 0 Å². The highest BCUT2D eigenvalue weighted by atomic mass is 16.7. The second-order valence-electron chi connectivity index (χ2n) is 7.65. The predicted molar refractivity (Wildman–Crippen MR) is 111 cm³/mol. The summed E-state index contributed by atoms with van der Waals surface area (Å²) < 4.78 is 19.0. The van der Waals surface area contributed by atoms with Gasteiger partial charge in [-0.05, 0) is 18.6 Å². The molecule has 5 atom stereocenters. The van der Waals surface area contributed by atoms with E-state index in [-0.39, 0.29) is 18.3 Å². The number of fused-ring (bicyclic) bond motifs is 1. The number of aromatic nitrogens is 4. The van der Waals surface area contributed by atoms with Crippen LogP contribution in [0.3, 0.4) is 0 Å². The molecule has 2 saturated heterocycles. The number of rotatable bonds is 6. The number of imidazole rings is 1. The van der Waals surface area contributed by atoms with Gasteiger partial charge in [0.2, 0.25) is 0 Å². The van der Waals surface area contributed by atoms with Crippen molar-refractivity contribution in [3.05, 3.63) is 48.5 Å². The van der Waals surface area contributed by atoms with Crippen molar-refractivity contribution in [3.63, 3.8) is 0 Å². The molecule has 4 heterocycles. The number of anilines is 1. The minimum absolute atomic E-state index is 0.247. The fourth-order valence-electron chi connectivity index (χ4n) is 3.97. The molecule has 5 rings (SSSR count). The van der Waals surface area contributed by atoms with Crippen molar-refractivity contribution in [1.82, 2.24) is 19.5 Å². The van der Waals surface area contributed by atoms with E-state index >= 15 is 0 Å². The lowest BCUT2D eigenvalue weighted by molar-refractivity contribution is -0.181. The third-order valence-corrected chi connectivity index (χ3v) is 5.59. The Morgan fingerprint density at radius 1 is 1.25 bits per heavy atom. The molecular weight excluding hydrogens is 418 g/mol. The Morgan fingerprint density at radius 2 is 2.09 bits per heavy atom. The standard InChI is InChI=1S/C21H23N5O6/c27-9-13-16(28)17(32-14-7-4-8-30-14)21(31-13)26-11-24-15-18(22-10-23-19(15)26)25-20(29)12-5-2-1-3-6-12/h1-3,5-6,10-11,13-14,16-17,21,27-28H,4,7-9H2,(H,22,23,25,29)/t13-,14-,16-,17-,21-/m1/s1. The topological polar surface area (TPSA) is 141 Å². The maximum atomic E-state index is 12.6. The number of nitrogens with one attached hydrogen (secondary N) is 1. The van der Waals surface area contributed by atoms with Crippen LogP contribution in [0.5, 0.6) is 0 Å². The fraction of sp³-hybridized carbons (Fsp3) is 0.429. The molecule has 3 N–H and O–H groups in total. The zero-order chi connectivity index (χ0) is 22.1. The van der Waals surface area contributed by atoms with Crippen LogP contribution in [-0.4, -0.2) is 73.5 Å². The first-order chi connectivity index (χ1) is 15.7. The lowest BCUT2D eigenvalue weighted by Crippen LogP contribution is -2.38. The zero-order valence-corrected chi connectivity index (χ0v) is 17.1. The van der Waals surface area contributed by atoms with Crippen LogP contribution in [0.4, 0.5) is 5.82 Å². The Balaban J connectivity index is 1.44. The summed E-state index contributed by atoms with van der Waals surface area (Å²) in [5.74, 6) is -0.0796. The van der Waals surface area contributed by atoms with Gasteiger partial charge in [-0.2, -0.15) is 0 Å². The Hall–Kier alpha value is -2.96. The number of aliphatic hydroxyl groups is 2. The van der Waals surface area contributed by atoms with E-state index in [1.807, 2.05) is 6.07 Å². The zero-order valence-electron chi connectivity index (χ0n) is 17.1. The first kappa shape index (κ1) is 20.9. The van der Waals surface area contributed by atoms with E-state index in [1.54, 1.807) is 28.8 Å². The number of benzene rings is 1. The number of carbonyl (C=O) groups excluding carboxylic acids is 1. The molecule has 11 heteroatoms. The Labute approximate surface area is 183 Å². The van der Waals surface area contributed by atoms with Gasteiger partial charge in [0.1, 0.15) is 24.6 Å². The molecule has 1 aromatic carbocycles. The van der Waals surface area contributed by atoms with E-state index in [2.05, 4.69) is 20.3 Å². The van der Waals surface area contributed by atoms with Gasteiger partial charge in [0.05, 0.1) is 12.9 Å². The Kier molecular flexibility index (Phi) is 5.81. The summed E-state index contributed by atoms with van der Waals surface area (Å²) in [7, 11) is 0. The van der Waals surface area contributed by atoms with Crippen molar-refractivity contribution in [1.29, 1.82) is 0 Å². The molecule has 1 amide bonds. The van der Waals surface area contributed by atoms with Crippen LogP contribution < -0.4 is 5.32 Å². The lowest BCUT2D eigenvalue weighted by Gasteiger charge is -2.24. The molecule has 2 aliphatic heterocycles. The van der Waals surface area contributed by atoms with Gasteiger partial charge in [-0.15, -0.1) is 0 Å². The van der Waals surface area contributed by atoms with E-state index in [9.17, 15) is 15.0 Å². The number of amides is 1. The maximum Gasteiger partial charge on any atom is 0.256 e. The third-order valence-electron chi connectivity index (χ3n) is 5.59. The Morgan fingerprint density at radius 3 is 2.84 bits per heavy atom. The lowest BCUT2D eigenvalue weighted by atomic mass is 10.1. The summed E-state index contributed by atoms with van der Waals surface area (Å²) in [6, 6.07) is 8.76. The molecule has 0 radical (unpaired) electrons. The summed E-state index contributed by atoms with van der Waals surface area (Å²) in [5.41, 5.74) is 1.23. The number of hydrogen-bond donors (Lipinski definition) is 3. The van der Waals surface area contributed by atoms with Gasteiger partial charge in [0, 0.05) is 18.6 Å². The normalized spacial score (nSPS) is 27.8. The van der Waals surface area contributed by atoms with Crippen molar-refractivity contribution >= 4 is 22.9 Å². The van der Waals surface area contributed by atoms with Crippen molar-refractivity contribution in [2.75, 3.05) is 18.5 Å².